The highest BCUT2D eigenvalue weighted by molar-refractivity contribution is 9.09. The van der Waals surface area contributed by atoms with E-state index < -0.39 is 22.6 Å². The smallest absolute Gasteiger partial charge is 0.310 e. The number of hydrogen-bond donors (Lipinski definition) is 1. The van der Waals surface area contributed by atoms with Crippen molar-refractivity contribution < 1.29 is 24.2 Å². The van der Waals surface area contributed by atoms with E-state index in [0.29, 0.717) is 32.4 Å². The lowest BCUT2D eigenvalue weighted by molar-refractivity contribution is -0.154. The number of nitrogens with zero attached hydrogens (tertiary/aromatic N) is 5. The number of benzene rings is 1. The van der Waals surface area contributed by atoms with Crippen molar-refractivity contribution >= 4 is 56.5 Å². The lowest BCUT2D eigenvalue weighted by atomic mass is 9.71. The molecule has 226 valence electrons. The summed E-state index contributed by atoms with van der Waals surface area (Å²) in [5.74, 6) is -2.04. The number of alkyl halides is 1. The predicted molar refractivity (Wildman–Crippen MR) is 165 cm³/mol. The Morgan fingerprint density at radius 2 is 2.02 bits per heavy atom. The van der Waals surface area contributed by atoms with Crippen molar-refractivity contribution in [2.45, 2.75) is 66.1 Å². The predicted octanol–water partition coefficient (Wildman–Crippen LogP) is 3.54. The number of thioether (sulfide) groups is 1. The maximum Gasteiger partial charge on any atom is 0.310 e. The number of amides is 2. The van der Waals surface area contributed by atoms with Gasteiger partial charge >= 0.3 is 5.97 Å². The minimum absolute atomic E-state index is 0.00171. The topological polar surface area (TPSA) is 118 Å². The maximum absolute atomic E-state index is 14.6. The number of ether oxygens (including phenoxy) is 1. The van der Waals surface area contributed by atoms with Crippen LogP contribution in [0, 0.1) is 11.8 Å². The minimum atomic E-state index is -0.775. The number of aliphatic hydroxyl groups excluding tert-OH is 1. The molecule has 42 heavy (non-hydrogen) atoms. The summed E-state index contributed by atoms with van der Waals surface area (Å²) in [7, 11) is 0. The second-order valence-electron chi connectivity index (χ2n) is 11.1. The number of carbonyl (C=O) groups is 3. The van der Waals surface area contributed by atoms with E-state index in [9.17, 15) is 19.5 Å². The SMILES string of the molecule is C=CCCCCOC(=O)[C@H]1[C@H]2C(=O)N(CCCCO)C(C(=O)N(CC=C)Cn3nnc4ccccc43)C23CC(Br)[C@@H]1S3. The molecule has 0 aliphatic carbocycles. The molecule has 4 heterocycles. The van der Waals surface area contributed by atoms with Crippen LogP contribution in [0.25, 0.3) is 11.0 Å². The minimum Gasteiger partial charge on any atom is -0.465 e. The van der Waals surface area contributed by atoms with Gasteiger partial charge in [0.2, 0.25) is 11.8 Å². The van der Waals surface area contributed by atoms with Crippen LogP contribution >= 0.6 is 27.7 Å². The van der Waals surface area contributed by atoms with Crippen molar-refractivity contribution in [2.24, 2.45) is 11.8 Å². The zero-order valence-electron chi connectivity index (χ0n) is 23.6. The summed E-state index contributed by atoms with van der Waals surface area (Å²) in [5.41, 5.74) is 1.52. The zero-order chi connectivity index (χ0) is 29.9. The van der Waals surface area contributed by atoms with Gasteiger partial charge in [0.05, 0.1) is 28.7 Å². The van der Waals surface area contributed by atoms with Gasteiger partial charge in [-0.05, 0) is 50.7 Å². The monoisotopic (exact) mass is 659 g/mol. The van der Waals surface area contributed by atoms with Crippen LogP contribution in [0.1, 0.15) is 38.5 Å². The van der Waals surface area contributed by atoms with E-state index in [1.807, 2.05) is 30.3 Å². The molecule has 1 aromatic carbocycles. The highest BCUT2D eigenvalue weighted by atomic mass is 79.9. The number of para-hydroxylation sites is 1. The van der Waals surface area contributed by atoms with Crippen LogP contribution in [0.5, 0.6) is 0 Å². The van der Waals surface area contributed by atoms with Gasteiger partial charge in [-0.2, -0.15) is 0 Å². The Hall–Kier alpha value is -2.70. The van der Waals surface area contributed by atoms with Gasteiger partial charge in [-0.25, -0.2) is 4.68 Å². The molecule has 0 saturated carbocycles. The second kappa shape index (κ2) is 13.3. The lowest BCUT2D eigenvalue weighted by Crippen LogP contribution is -2.55. The van der Waals surface area contributed by atoms with E-state index >= 15 is 0 Å². The summed E-state index contributed by atoms with van der Waals surface area (Å²) >= 11 is 5.39. The Morgan fingerprint density at radius 1 is 1.21 bits per heavy atom. The number of aromatic nitrogens is 3. The first-order valence-corrected chi connectivity index (χ1v) is 16.4. The van der Waals surface area contributed by atoms with Crippen LogP contribution in [-0.4, -0.2) is 94.9 Å². The highest BCUT2D eigenvalue weighted by Gasteiger charge is 2.76. The molecular weight excluding hydrogens is 622 g/mol. The summed E-state index contributed by atoms with van der Waals surface area (Å²) in [6.45, 7) is 8.62. The van der Waals surface area contributed by atoms with Gasteiger partial charge in [0, 0.05) is 29.8 Å². The molecule has 3 saturated heterocycles. The number of esters is 1. The Kier molecular flexibility index (Phi) is 9.74. The molecule has 2 bridgehead atoms. The molecule has 1 spiro atoms. The fourth-order valence-electron chi connectivity index (χ4n) is 6.70. The Bertz CT molecular complexity index is 1340. The number of aliphatic hydroxyl groups is 1. The van der Waals surface area contributed by atoms with Crippen molar-refractivity contribution in [1.29, 1.82) is 0 Å². The molecule has 2 aromatic rings. The number of allylic oxidation sites excluding steroid dienone is 1. The van der Waals surface area contributed by atoms with Gasteiger partial charge in [0.15, 0.2) is 0 Å². The average Bonchev–Trinajstić information content (AvgIpc) is 3.70. The number of halogens is 1. The Balaban J connectivity index is 1.45. The summed E-state index contributed by atoms with van der Waals surface area (Å²) in [6.07, 6.45) is 7.61. The van der Waals surface area contributed by atoms with Crippen LogP contribution in [0.3, 0.4) is 0 Å². The third-order valence-corrected chi connectivity index (χ3v) is 11.8. The third-order valence-electron chi connectivity index (χ3n) is 8.54. The van der Waals surface area contributed by atoms with E-state index in [-0.39, 0.29) is 47.7 Å². The second-order valence-corrected chi connectivity index (χ2v) is 13.9. The van der Waals surface area contributed by atoms with Crippen molar-refractivity contribution in [1.82, 2.24) is 24.8 Å². The van der Waals surface area contributed by atoms with Crippen LogP contribution in [0.2, 0.25) is 0 Å². The quantitative estimate of drug-likeness (QED) is 0.134. The van der Waals surface area contributed by atoms with Crippen LogP contribution in [-0.2, 0) is 25.8 Å². The van der Waals surface area contributed by atoms with E-state index in [2.05, 4.69) is 39.4 Å². The van der Waals surface area contributed by atoms with Crippen LogP contribution in [0.4, 0.5) is 0 Å². The number of likely N-dealkylation sites (tertiary alicyclic amines) is 1. The van der Waals surface area contributed by atoms with Gasteiger partial charge in [-0.1, -0.05) is 45.4 Å². The molecule has 3 aliphatic rings. The Labute approximate surface area is 258 Å². The first-order chi connectivity index (χ1) is 20.4. The number of fused-ring (bicyclic) bond motifs is 2. The molecule has 3 aliphatic heterocycles. The molecular formula is C30H38BrN5O5S. The highest BCUT2D eigenvalue weighted by Crippen LogP contribution is 2.68. The Morgan fingerprint density at radius 3 is 2.79 bits per heavy atom. The molecule has 10 nitrogen and oxygen atoms in total. The van der Waals surface area contributed by atoms with Gasteiger partial charge in [-0.3, -0.25) is 14.4 Å². The third kappa shape index (κ3) is 5.53. The molecule has 12 heteroatoms. The summed E-state index contributed by atoms with van der Waals surface area (Å²) in [5, 5.41) is 17.8. The van der Waals surface area contributed by atoms with E-state index in [0.717, 1.165) is 30.3 Å². The number of hydrogen-bond acceptors (Lipinski definition) is 8. The zero-order valence-corrected chi connectivity index (χ0v) is 26.0. The molecule has 0 radical (unpaired) electrons. The molecule has 3 fully saturated rings. The summed E-state index contributed by atoms with van der Waals surface area (Å²) in [4.78, 5) is 45.6. The molecule has 6 atom stereocenters. The summed E-state index contributed by atoms with van der Waals surface area (Å²) in [6, 6.07) is 6.77. The summed E-state index contributed by atoms with van der Waals surface area (Å²) < 4.78 is 6.62. The van der Waals surface area contributed by atoms with E-state index in [4.69, 9.17) is 4.74 Å². The lowest BCUT2D eigenvalue weighted by Gasteiger charge is -2.37. The van der Waals surface area contributed by atoms with Gasteiger partial charge in [-0.15, -0.1) is 30.0 Å². The van der Waals surface area contributed by atoms with Crippen LogP contribution in [0.15, 0.2) is 49.6 Å². The largest absolute Gasteiger partial charge is 0.465 e. The molecule has 1 N–H and O–H groups in total. The van der Waals surface area contributed by atoms with E-state index in [1.165, 1.54) is 0 Å². The molecule has 2 amide bonds. The first-order valence-electron chi connectivity index (χ1n) is 14.6. The van der Waals surface area contributed by atoms with E-state index in [1.54, 1.807) is 32.3 Å². The van der Waals surface area contributed by atoms with Crippen molar-refractivity contribution in [2.75, 3.05) is 26.3 Å². The number of unbranched alkanes of at least 4 members (excludes halogenated alkanes) is 3. The fraction of sp³-hybridized carbons (Fsp3) is 0.567. The maximum atomic E-state index is 14.6. The number of rotatable bonds is 15. The van der Waals surface area contributed by atoms with Crippen molar-refractivity contribution in [3.05, 3.63) is 49.6 Å². The average molecular weight is 661 g/mol. The van der Waals surface area contributed by atoms with Gasteiger partial charge in [0.25, 0.3) is 0 Å². The normalized spacial score (nSPS) is 27.8. The fourth-order valence-corrected chi connectivity index (χ4v) is 10.3. The molecule has 3 unspecified atom stereocenters. The molecule has 1 aromatic heterocycles. The van der Waals surface area contributed by atoms with Gasteiger partial charge < -0.3 is 19.6 Å². The first kappa shape index (κ1) is 30.7. The van der Waals surface area contributed by atoms with Crippen molar-refractivity contribution in [3.63, 3.8) is 0 Å². The van der Waals surface area contributed by atoms with Crippen LogP contribution < -0.4 is 0 Å². The number of carbonyl (C=O) groups excluding carboxylic acids is 3. The van der Waals surface area contributed by atoms with Gasteiger partial charge in [0.1, 0.15) is 18.2 Å². The standard InChI is InChI=1S/C30H38BrN5O5S/c1-3-5-6-11-17-41-29(40)23-24-27(38)35(15-9-10-16-37)26(30(24)18-20(31)25(23)42-30)28(39)34(14-4-2)19-36-22-13-8-7-12-21(22)32-33-36/h3-4,7-8,12-13,20,23-26,37H,1-2,5-6,9-11,14-19H2/t20?,23-,24-,25-,26?,30?/m0/s1. The van der Waals surface area contributed by atoms with Crippen molar-refractivity contribution in [3.8, 4) is 0 Å². The molecule has 5 rings (SSSR count).